The lowest BCUT2D eigenvalue weighted by molar-refractivity contribution is 1.17. The van der Waals surface area contributed by atoms with Gasteiger partial charge in [0.15, 0.2) is 8.07 Å². The van der Waals surface area contributed by atoms with Gasteiger partial charge in [0.25, 0.3) is 0 Å². The molecule has 0 aliphatic carbocycles. The number of fused-ring (bicyclic) bond motifs is 10. The van der Waals surface area contributed by atoms with Crippen LogP contribution in [0.25, 0.3) is 66.1 Å². The minimum Gasteiger partial charge on any atom is -0.309 e. The number of aromatic nitrogens is 2. The van der Waals surface area contributed by atoms with Crippen molar-refractivity contribution in [3.8, 4) is 22.5 Å². The monoisotopic (exact) mass is 664 g/mol. The molecule has 2 aromatic heterocycles. The summed E-state index contributed by atoms with van der Waals surface area (Å²) in [4.78, 5) is 0. The molecule has 11 rings (SSSR count). The second-order valence-electron chi connectivity index (χ2n) is 13.7. The van der Waals surface area contributed by atoms with Crippen molar-refractivity contribution < 1.29 is 0 Å². The van der Waals surface area contributed by atoms with E-state index in [9.17, 15) is 0 Å². The SMILES string of the molecule is c1ccc(-n2c3ccc([Si]4(c5ccccc5)c5ccccc5-c5ccccc54)cc3c3c2ccc2c4ccccc4n(-c4ccccc4)c23)cc1. The summed E-state index contributed by atoms with van der Waals surface area (Å²) < 4.78 is 4.95. The van der Waals surface area contributed by atoms with Crippen LogP contribution >= 0.6 is 0 Å². The molecule has 0 spiro atoms. The molecule has 0 fully saturated rings. The van der Waals surface area contributed by atoms with Gasteiger partial charge >= 0.3 is 0 Å². The summed E-state index contributed by atoms with van der Waals surface area (Å²) in [5.41, 5.74) is 9.96. The number of para-hydroxylation sites is 3. The Hall–Kier alpha value is -6.42. The van der Waals surface area contributed by atoms with Crippen molar-refractivity contribution in [3.63, 3.8) is 0 Å². The normalized spacial score (nSPS) is 13.3. The number of benzene rings is 8. The Morgan fingerprint density at radius 3 is 1.55 bits per heavy atom. The second kappa shape index (κ2) is 10.8. The maximum absolute atomic E-state index is 2.69. The number of hydrogen-bond donors (Lipinski definition) is 0. The van der Waals surface area contributed by atoms with Crippen LogP contribution in [0.3, 0.4) is 0 Å². The van der Waals surface area contributed by atoms with E-state index in [0.717, 1.165) is 0 Å². The van der Waals surface area contributed by atoms with Crippen LogP contribution in [0.4, 0.5) is 0 Å². The van der Waals surface area contributed by atoms with E-state index in [-0.39, 0.29) is 0 Å². The van der Waals surface area contributed by atoms with E-state index in [4.69, 9.17) is 0 Å². The molecular weight excluding hydrogens is 633 g/mol. The summed E-state index contributed by atoms with van der Waals surface area (Å²) >= 11 is 0. The van der Waals surface area contributed by atoms with Crippen LogP contribution in [-0.2, 0) is 0 Å². The Bertz CT molecular complexity index is 2910. The highest BCUT2D eigenvalue weighted by Crippen LogP contribution is 2.42. The maximum Gasteiger partial charge on any atom is 0.180 e. The topological polar surface area (TPSA) is 9.86 Å². The van der Waals surface area contributed by atoms with Gasteiger partial charge in [0.2, 0.25) is 0 Å². The molecule has 0 amide bonds. The highest BCUT2D eigenvalue weighted by molar-refractivity contribution is 7.22. The van der Waals surface area contributed by atoms with E-state index in [1.54, 1.807) is 0 Å². The molecule has 238 valence electrons. The lowest BCUT2D eigenvalue weighted by Crippen LogP contribution is -2.72. The van der Waals surface area contributed by atoms with Crippen LogP contribution in [-0.4, -0.2) is 17.2 Å². The first-order chi connectivity index (χ1) is 25.3. The summed E-state index contributed by atoms with van der Waals surface area (Å²) in [7, 11) is -2.69. The minimum absolute atomic E-state index is 1.17. The summed E-state index contributed by atoms with van der Waals surface area (Å²) in [5.74, 6) is 0. The molecule has 51 heavy (non-hydrogen) atoms. The van der Waals surface area contributed by atoms with Crippen LogP contribution < -0.4 is 20.7 Å². The molecule has 1 aliphatic heterocycles. The van der Waals surface area contributed by atoms with Gasteiger partial charge in [0.05, 0.1) is 22.1 Å². The van der Waals surface area contributed by atoms with Crippen LogP contribution in [0.1, 0.15) is 0 Å². The van der Waals surface area contributed by atoms with Gasteiger partial charge in [-0.25, -0.2) is 0 Å². The van der Waals surface area contributed by atoms with Gasteiger partial charge in [0.1, 0.15) is 0 Å². The average molecular weight is 665 g/mol. The zero-order chi connectivity index (χ0) is 33.5. The molecular formula is C48H32N2Si. The lowest BCUT2D eigenvalue weighted by atomic mass is 10.1. The molecule has 8 aromatic carbocycles. The van der Waals surface area contributed by atoms with Crippen molar-refractivity contribution in [1.82, 2.24) is 9.13 Å². The van der Waals surface area contributed by atoms with E-state index in [1.165, 1.54) is 86.9 Å². The third-order valence-corrected chi connectivity index (χ3v) is 16.0. The molecule has 3 heterocycles. The fourth-order valence-corrected chi connectivity index (χ4v) is 14.4. The van der Waals surface area contributed by atoms with E-state index in [2.05, 4.69) is 203 Å². The van der Waals surface area contributed by atoms with Crippen LogP contribution in [0, 0.1) is 0 Å². The largest absolute Gasteiger partial charge is 0.309 e. The first-order valence-corrected chi connectivity index (χ1v) is 19.7. The second-order valence-corrected chi connectivity index (χ2v) is 17.4. The number of hydrogen-bond acceptors (Lipinski definition) is 0. The van der Waals surface area contributed by atoms with Crippen LogP contribution in [0.15, 0.2) is 194 Å². The van der Waals surface area contributed by atoms with Crippen molar-refractivity contribution in [2.75, 3.05) is 0 Å². The quantitative estimate of drug-likeness (QED) is 0.166. The fourth-order valence-electron chi connectivity index (χ4n) is 9.21. The molecule has 1 aliphatic rings. The Labute approximate surface area is 297 Å². The molecule has 0 atom stereocenters. The molecule has 0 saturated heterocycles. The Kier molecular flexibility index (Phi) is 6.01. The predicted molar refractivity (Wildman–Crippen MR) is 218 cm³/mol. The summed E-state index contributed by atoms with van der Waals surface area (Å²) in [6.45, 7) is 0. The van der Waals surface area contributed by atoms with Crippen molar-refractivity contribution >= 4 is 72.4 Å². The van der Waals surface area contributed by atoms with E-state index in [0.29, 0.717) is 0 Å². The third-order valence-electron chi connectivity index (χ3n) is 11.2. The Morgan fingerprint density at radius 1 is 0.333 bits per heavy atom. The van der Waals surface area contributed by atoms with Crippen molar-refractivity contribution in [3.05, 3.63) is 194 Å². The molecule has 2 nitrogen and oxygen atoms in total. The van der Waals surface area contributed by atoms with Gasteiger partial charge in [-0.3, -0.25) is 0 Å². The first kappa shape index (κ1) is 28.4. The van der Waals surface area contributed by atoms with Crippen LogP contribution in [0.2, 0.25) is 0 Å². The van der Waals surface area contributed by atoms with Gasteiger partial charge in [-0.1, -0.05) is 152 Å². The smallest absolute Gasteiger partial charge is 0.180 e. The molecule has 0 N–H and O–H groups in total. The molecule has 0 saturated carbocycles. The summed E-state index contributed by atoms with van der Waals surface area (Å²) in [6, 6.07) is 72.3. The first-order valence-electron chi connectivity index (χ1n) is 17.7. The highest BCUT2D eigenvalue weighted by atomic mass is 28.3. The Balaban J connectivity index is 1.35. The highest BCUT2D eigenvalue weighted by Gasteiger charge is 2.48. The van der Waals surface area contributed by atoms with Crippen molar-refractivity contribution in [2.24, 2.45) is 0 Å². The van der Waals surface area contributed by atoms with E-state index in [1.807, 2.05) is 0 Å². The van der Waals surface area contributed by atoms with Gasteiger partial charge in [0, 0.05) is 32.9 Å². The zero-order valence-electron chi connectivity index (χ0n) is 27.9. The third kappa shape index (κ3) is 3.81. The molecule has 0 radical (unpaired) electrons. The lowest BCUT2D eigenvalue weighted by Gasteiger charge is -2.31. The predicted octanol–water partition coefficient (Wildman–Crippen LogP) is 9.24. The number of rotatable bonds is 4. The summed E-state index contributed by atoms with van der Waals surface area (Å²) in [5, 5.41) is 10.8. The molecule has 0 bridgehead atoms. The zero-order valence-corrected chi connectivity index (χ0v) is 28.9. The maximum atomic E-state index is 2.57. The van der Waals surface area contributed by atoms with E-state index >= 15 is 0 Å². The van der Waals surface area contributed by atoms with Gasteiger partial charge < -0.3 is 9.13 Å². The van der Waals surface area contributed by atoms with E-state index < -0.39 is 8.07 Å². The fraction of sp³-hybridized carbons (Fsp3) is 0. The Morgan fingerprint density at radius 2 is 0.863 bits per heavy atom. The minimum atomic E-state index is -2.69. The van der Waals surface area contributed by atoms with Gasteiger partial charge in [-0.2, -0.15) is 0 Å². The van der Waals surface area contributed by atoms with Crippen LogP contribution in [0.5, 0.6) is 0 Å². The van der Waals surface area contributed by atoms with Crippen molar-refractivity contribution in [1.29, 1.82) is 0 Å². The molecule has 3 heteroatoms. The van der Waals surface area contributed by atoms with Crippen molar-refractivity contribution in [2.45, 2.75) is 0 Å². The number of nitrogens with zero attached hydrogens (tertiary/aromatic N) is 2. The molecule has 10 aromatic rings. The standard InChI is InChI=1S/C48H32N2Si/c1-4-16-33(17-5-1)49-43-30-28-36(51(35-20-8-3-9-21-35)45-26-14-11-23-38(45)39-24-12-15-27-46(39)51)32-41(43)47-44(49)31-29-40-37-22-10-13-25-42(37)50(48(40)47)34-18-6-2-7-19-34/h1-32H. The van der Waals surface area contributed by atoms with Gasteiger partial charge in [-0.05, 0) is 74.3 Å². The molecule has 0 unspecified atom stereocenters. The average Bonchev–Trinajstić information content (AvgIpc) is 3.83. The van der Waals surface area contributed by atoms with Gasteiger partial charge in [-0.15, -0.1) is 0 Å². The summed E-state index contributed by atoms with van der Waals surface area (Å²) in [6.07, 6.45) is 0.